The number of aromatic nitrogens is 2. The van der Waals surface area contributed by atoms with Crippen molar-refractivity contribution in [3.05, 3.63) is 41.2 Å². The molecule has 2 aromatic rings. The second kappa shape index (κ2) is 7.14. The number of hydrogen-bond acceptors (Lipinski definition) is 4. The molecular weight excluding hydrogens is 328 g/mol. The lowest BCUT2D eigenvalue weighted by Gasteiger charge is -2.14. The molecule has 1 aromatic carbocycles. The Morgan fingerprint density at radius 3 is 2.62 bits per heavy atom. The van der Waals surface area contributed by atoms with Gasteiger partial charge >= 0.3 is 0 Å². The fraction of sp³-hybridized carbons (Fsp3) is 0.375. The average Bonchev–Trinajstić information content (AvgIpc) is 2.85. The molecule has 0 fully saturated rings. The van der Waals surface area contributed by atoms with Crippen LogP contribution in [-0.2, 0) is 10.0 Å². The predicted octanol–water partition coefficient (Wildman–Crippen LogP) is 1.31. The summed E-state index contributed by atoms with van der Waals surface area (Å²) in [6.45, 7) is 4.32. The van der Waals surface area contributed by atoms with Crippen LogP contribution in [0.3, 0.4) is 0 Å². The molecule has 0 saturated carbocycles. The molecular formula is C16H22N4O3S. The van der Waals surface area contributed by atoms with Crippen LogP contribution in [0.2, 0.25) is 0 Å². The van der Waals surface area contributed by atoms with Crippen molar-refractivity contribution < 1.29 is 13.2 Å². The lowest BCUT2D eigenvalue weighted by Crippen LogP contribution is -2.35. The Hall–Kier alpha value is -2.19. The van der Waals surface area contributed by atoms with Gasteiger partial charge in [-0.25, -0.2) is 12.7 Å². The van der Waals surface area contributed by atoms with Gasteiger partial charge in [0, 0.05) is 37.0 Å². The number of hydrogen-bond donors (Lipinski definition) is 2. The summed E-state index contributed by atoms with van der Waals surface area (Å²) in [5.41, 5.74) is 4.25. The monoisotopic (exact) mass is 350 g/mol. The number of H-pyrrole nitrogens is 1. The van der Waals surface area contributed by atoms with Crippen LogP contribution in [0, 0.1) is 13.8 Å². The van der Waals surface area contributed by atoms with Crippen LogP contribution in [-0.4, -0.2) is 55.2 Å². The number of nitrogens with zero attached hydrogens (tertiary/aromatic N) is 2. The third-order valence-electron chi connectivity index (χ3n) is 3.82. The highest BCUT2D eigenvalue weighted by molar-refractivity contribution is 7.88. The quantitative estimate of drug-likeness (QED) is 0.821. The first-order valence-electron chi connectivity index (χ1n) is 7.51. The van der Waals surface area contributed by atoms with Crippen molar-refractivity contribution in [2.75, 3.05) is 26.4 Å². The molecule has 2 rings (SSSR count). The molecule has 0 aliphatic rings. The van der Waals surface area contributed by atoms with Gasteiger partial charge in [-0.15, -0.1) is 0 Å². The Labute approximate surface area is 142 Å². The number of amides is 1. The number of rotatable bonds is 6. The Bertz CT molecular complexity index is 823. The van der Waals surface area contributed by atoms with E-state index in [1.807, 2.05) is 26.0 Å². The van der Waals surface area contributed by atoms with Crippen molar-refractivity contribution in [1.29, 1.82) is 0 Å². The van der Waals surface area contributed by atoms with Gasteiger partial charge in [-0.2, -0.15) is 5.10 Å². The van der Waals surface area contributed by atoms with Crippen LogP contribution in [0.5, 0.6) is 0 Å². The SMILES string of the molecule is Cc1n[nH]c(C)c1-c1cccc(C(=O)NCCN(C)S(C)(=O)=O)c1. The van der Waals surface area contributed by atoms with Gasteiger partial charge in [0.25, 0.3) is 5.91 Å². The molecule has 8 heteroatoms. The molecule has 0 atom stereocenters. The smallest absolute Gasteiger partial charge is 0.251 e. The minimum absolute atomic E-state index is 0.226. The highest BCUT2D eigenvalue weighted by Gasteiger charge is 2.13. The Kier molecular flexibility index (Phi) is 5.40. The molecule has 0 unspecified atom stereocenters. The first-order valence-corrected chi connectivity index (χ1v) is 9.36. The van der Waals surface area contributed by atoms with E-state index in [9.17, 15) is 13.2 Å². The minimum atomic E-state index is -3.24. The zero-order valence-corrected chi connectivity index (χ0v) is 15.1. The van der Waals surface area contributed by atoms with E-state index in [0.29, 0.717) is 5.56 Å². The first kappa shape index (κ1) is 18.2. The van der Waals surface area contributed by atoms with Crippen molar-refractivity contribution in [3.63, 3.8) is 0 Å². The summed E-state index contributed by atoms with van der Waals surface area (Å²) in [4.78, 5) is 12.3. The van der Waals surface area contributed by atoms with Crippen LogP contribution < -0.4 is 5.32 Å². The largest absolute Gasteiger partial charge is 0.351 e. The molecule has 0 spiro atoms. The Morgan fingerprint density at radius 1 is 1.33 bits per heavy atom. The zero-order valence-electron chi connectivity index (χ0n) is 14.3. The van der Waals surface area contributed by atoms with Crippen LogP contribution in [0.15, 0.2) is 24.3 Å². The Morgan fingerprint density at radius 2 is 2.04 bits per heavy atom. The number of likely N-dealkylation sites (N-methyl/N-ethyl adjacent to an activating group) is 1. The average molecular weight is 350 g/mol. The highest BCUT2D eigenvalue weighted by Crippen LogP contribution is 2.25. The van der Waals surface area contributed by atoms with Gasteiger partial charge in [-0.1, -0.05) is 12.1 Å². The van der Waals surface area contributed by atoms with E-state index in [1.54, 1.807) is 12.1 Å². The zero-order chi connectivity index (χ0) is 17.9. The number of benzene rings is 1. The molecule has 7 nitrogen and oxygen atoms in total. The third kappa shape index (κ3) is 4.21. The van der Waals surface area contributed by atoms with Gasteiger partial charge in [0.05, 0.1) is 11.9 Å². The second-order valence-electron chi connectivity index (χ2n) is 5.73. The number of sulfonamides is 1. The van der Waals surface area contributed by atoms with Crippen molar-refractivity contribution in [2.45, 2.75) is 13.8 Å². The molecule has 2 N–H and O–H groups in total. The summed E-state index contributed by atoms with van der Waals surface area (Å²) in [6, 6.07) is 7.28. The minimum Gasteiger partial charge on any atom is -0.351 e. The lowest BCUT2D eigenvalue weighted by molar-refractivity contribution is 0.0952. The molecule has 130 valence electrons. The molecule has 0 aliphatic heterocycles. The molecule has 1 amide bonds. The molecule has 1 aromatic heterocycles. The fourth-order valence-corrected chi connectivity index (χ4v) is 2.81. The van der Waals surface area contributed by atoms with E-state index in [1.165, 1.54) is 11.4 Å². The number of carbonyl (C=O) groups is 1. The van der Waals surface area contributed by atoms with Crippen molar-refractivity contribution in [1.82, 2.24) is 19.8 Å². The van der Waals surface area contributed by atoms with Crippen molar-refractivity contribution in [2.24, 2.45) is 0 Å². The van der Waals surface area contributed by atoms with E-state index in [0.717, 1.165) is 28.8 Å². The van der Waals surface area contributed by atoms with Crippen molar-refractivity contribution in [3.8, 4) is 11.1 Å². The van der Waals surface area contributed by atoms with E-state index in [-0.39, 0.29) is 19.0 Å². The summed E-state index contributed by atoms with van der Waals surface area (Å²) in [5.74, 6) is -0.238. The highest BCUT2D eigenvalue weighted by atomic mass is 32.2. The molecule has 0 aliphatic carbocycles. The number of nitrogens with one attached hydrogen (secondary N) is 2. The van der Waals surface area contributed by atoms with E-state index < -0.39 is 10.0 Å². The van der Waals surface area contributed by atoms with Gasteiger partial charge in [0.2, 0.25) is 10.0 Å². The van der Waals surface area contributed by atoms with Crippen LogP contribution in [0.1, 0.15) is 21.7 Å². The molecule has 0 radical (unpaired) electrons. The molecule has 0 saturated heterocycles. The van der Waals surface area contributed by atoms with E-state index in [4.69, 9.17) is 0 Å². The summed E-state index contributed by atoms with van der Waals surface area (Å²) in [5, 5.41) is 9.84. The maximum absolute atomic E-state index is 12.3. The van der Waals surface area contributed by atoms with E-state index >= 15 is 0 Å². The van der Waals surface area contributed by atoms with Gasteiger partial charge in [0.15, 0.2) is 0 Å². The second-order valence-corrected chi connectivity index (χ2v) is 7.82. The van der Waals surface area contributed by atoms with Gasteiger partial charge < -0.3 is 5.32 Å². The first-order chi connectivity index (χ1) is 11.2. The van der Waals surface area contributed by atoms with Gasteiger partial charge in [-0.3, -0.25) is 9.89 Å². The standard InChI is InChI=1S/C16H22N4O3S/c1-11-15(12(2)19-18-11)13-6-5-7-14(10-13)16(21)17-8-9-20(3)24(4,22)23/h5-7,10H,8-9H2,1-4H3,(H,17,21)(H,18,19). The topological polar surface area (TPSA) is 95.2 Å². The predicted molar refractivity (Wildman–Crippen MR) is 93.3 cm³/mol. The lowest BCUT2D eigenvalue weighted by atomic mass is 10.0. The van der Waals surface area contributed by atoms with Crippen LogP contribution in [0.25, 0.3) is 11.1 Å². The molecule has 0 bridgehead atoms. The normalized spacial score (nSPS) is 11.7. The summed E-state index contributed by atoms with van der Waals surface area (Å²) in [7, 11) is -1.76. The maximum Gasteiger partial charge on any atom is 0.251 e. The number of aryl methyl sites for hydroxylation is 2. The third-order valence-corrected chi connectivity index (χ3v) is 5.13. The fourth-order valence-electron chi connectivity index (χ4n) is 2.39. The van der Waals surface area contributed by atoms with Crippen LogP contribution in [0.4, 0.5) is 0 Å². The number of aromatic amines is 1. The maximum atomic E-state index is 12.3. The molecule has 24 heavy (non-hydrogen) atoms. The summed E-state index contributed by atoms with van der Waals surface area (Å²) in [6.07, 6.45) is 1.13. The van der Waals surface area contributed by atoms with Gasteiger partial charge in [0.1, 0.15) is 0 Å². The number of carbonyl (C=O) groups excluding carboxylic acids is 1. The van der Waals surface area contributed by atoms with Crippen molar-refractivity contribution >= 4 is 15.9 Å². The summed E-state index contributed by atoms with van der Waals surface area (Å²) < 4.78 is 23.8. The Balaban J connectivity index is 2.08. The van der Waals surface area contributed by atoms with Crippen LogP contribution >= 0.6 is 0 Å². The summed E-state index contributed by atoms with van der Waals surface area (Å²) >= 11 is 0. The van der Waals surface area contributed by atoms with E-state index in [2.05, 4.69) is 15.5 Å². The van der Waals surface area contributed by atoms with Gasteiger partial charge in [-0.05, 0) is 31.5 Å². The molecule has 1 heterocycles.